The molecule has 0 heterocycles. The summed E-state index contributed by atoms with van der Waals surface area (Å²) in [5, 5.41) is 24.3. The number of hydrogen-bond donors (Lipinski definition) is 2. The highest BCUT2D eigenvalue weighted by molar-refractivity contribution is 6.32. The van der Waals surface area contributed by atoms with Crippen molar-refractivity contribution in [3.63, 3.8) is 0 Å². The topological polar surface area (TPSA) is 84.6 Å². The number of halogens is 1. The van der Waals surface area contributed by atoms with Crippen molar-refractivity contribution in [1.82, 2.24) is 5.32 Å². The zero-order chi connectivity index (χ0) is 14.8. The molecule has 1 unspecified atom stereocenters. The van der Waals surface area contributed by atoms with Crippen molar-refractivity contribution in [2.45, 2.75) is 31.4 Å². The van der Waals surface area contributed by atoms with Crippen LogP contribution in [0.3, 0.4) is 0 Å². The third-order valence-electron chi connectivity index (χ3n) is 3.01. The molecule has 2 N–H and O–H groups in total. The number of hydrogen-bond acceptors (Lipinski definition) is 5. The van der Waals surface area contributed by atoms with Crippen molar-refractivity contribution < 1.29 is 14.8 Å². The molecule has 1 saturated carbocycles. The van der Waals surface area contributed by atoms with Gasteiger partial charge in [-0.25, -0.2) is 0 Å². The van der Waals surface area contributed by atoms with Gasteiger partial charge in [0.05, 0.1) is 16.0 Å². The lowest BCUT2D eigenvalue weighted by Gasteiger charge is -2.24. The number of aliphatic hydroxyl groups is 1. The Kier molecular flexibility index (Phi) is 4.47. The van der Waals surface area contributed by atoms with Crippen LogP contribution in [0.4, 0.5) is 5.69 Å². The lowest BCUT2D eigenvalue weighted by Crippen LogP contribution is -2.43. The number of nitrogens with zero attached hydrogens (tertiary/aromatic N) is 1. The smallest absolute Gasteiger partial charge is 0.273 e. The maximum Gasteiger partial charge on any atom is 0.273 e. The highest BCUT2D eigenvalue weighted by atomic mass is 35.5. The van der Waals surface area contributed by atoms with Crippen molar-refractivity contribution in [2.24, 2.45) is 0 Å². The van der Waals surface area contributed by atoms with Crippen LogP contribution in [0.25, 0.3) is 0 Å². The van der Waals surface area contributed by atoms with Gasteiger partial charge in [-0.05, 0) is 25.8 Å². The largest absolute Gasteiger partial charge is 0.489 e. The molecule has 1 fully saturated rings. The van der Waals surface area contributed by atoms with E-state index in [1.165, 1.54) is 18.2 Å². The van der Waals surface area contributed by atoms with E-state index in [0.29, 0.717) is 12.6 Å². The van der Waals surface area contributed by atoms with Crippen LogP contribution in [0, 0.1) is 10.1 Å². The Morgan fingerprint density at radius 1 is 1.60 bits per heavy atom. The van der Waals surface area contributed by atoms with E-state index in [1.54, 1.807) is 6.92 Å². The summed E-state index contributed by atoms with van der Waals surface area (Å²) in [6.45, 7) is 2.06. The Bertz CT molecular complexity index is 503. The monoisotopic (exact) mass is 300 g/mol. The molecule has 0 aromatic heterocycles. The van der Waals surface area contributed by atoms with Crippen LogP contribution in [0.2, 0.25) is 5.02 Å². The average Bonchev–Trinajstić information content (AvgIpc) is 3.19. The molecule has 1 atom stereocenters. The van der Waals surface area contributed by atoms with Gasteiger partial charge >= 0.3 is 0 Å². The first-order valence-corrected chi connectivity index (χ1v) is 6.78. The molecule has 0 spiro atoms. The number of nitro groups is 1. The SMILES string of the molecule is CC(O)(CNC1CC1)COc1cc([N+](=O)[O-])ccc1Cl. The third kappa shape index (κ3) is 4.33. The van der Waals surface area contributed by atoms with Crippen molar-refractivity contribution in [3.8, 4) is 5.75 Å². The number of benzene rings is 1. The lowest BCUT2D eigenvalue weighted by molar-refractivity contribution is -0.384. The van der Waals surface area contributed by atoms with E-state index in [0.717, 1.165) is 12.8 Å². The van der Waals surface area contributed by atoms with Gasteiger partial charge in [-0.1, -0.05) is 11.6 Å². The normalized spacial score (nSPS) is 17.6. The third-order valence-corrected chi connectivity index (χ3v) is 3.33. The number of non-ortho nitro benzene ring substituents is 1. The molecule has 20 heavy (non-hydrogen) atoms. The molecule has 0 radical (unpaired) electrons. The quantitative estimate of drug-likeness (QED) is 0.595. The van der Waals surface area contributed by atoms with Crippen LogP contribution >= 0.6 is 11.6 Å². The summed E-state index contributed by atoms with van der Waals surface area (Å²) in [5.41, 5.74) is -1.16. The first-order valence-electron chi connectivity index (χ1n) is 6.40. The molecule has 1 aliphatic rings. The Balaban J connectivity index is 1.94. The molecule has 1 aliphatic carbocycles. The minimum Gasteiger partial charge on any atom is -0.489 e. The molecule has 0 bridgehead atoms. The van der Waals surface area contributed by atoms with Gasteiger partial charge in [0.25, 0.3) is 5.69 Å². The summed E-state index contributed by atoms with van der Waals surface area (Å²) in [6.07, 6.45) is 2.27. The van der Waals surface area contributed by atoms with Crippen molar-refractivity contribution in [1.29, 1.82) is 0 Å². The van der Waals surface area contributed by atoms with Gasteiger partial charge in [-0.2, -0.15) is 0 Å². The molecule has 7 heteroatoms. The second-order valence-corrected chi connectivity index (χ2v) is 5.72. The molecule has 6 nitrogen and oxygen atoms in total. The molecule has 1 aromatic carbocycles. The minimum atomic E-state index is -1.06. The molecule has 1 aromatic rings. The number of nitrogens with one attached hydrogen (secondary N) is 1. The van der Waals surface area contributed by atoms with Crippen LogP contribution in [0.1, 0.15) is 19.8 Å². The highest BCUT2D eigenvalue weighted by Gasteiger charge is 2.27. The molecule has 110 valence electrons. The van der Waals surface area contributed by atoms with E-state index in [-0.39, 0.29) is 23.1 Å². The van der Waals surface area contributed by atoms with E-state index >= 15 is 0 Å². The fourth-order valence-corrected chi connectivity index (χ4v) is 1.82. The predicted molar refractivity (Wildman–Crippen MR) is 75.2 cm³/mol. The van der Waals surface area contributed by atoms with Gasteiger partial charge in [0.2, 0.25) is 0 Å². The number of rotatable bonds is 7. The first-order chi connectivity index (χ1) is 9.37. The summed E-state index contributed by atoms with van der Waals surface area (Å²) in [4.78, 5) is 10.2. The van der Waals surface area contributed by atoms with Crippen LogP contribution in [0.15, 0.2) is 18.2 Å². The second kappa shape index (κ2) is 5.95. The molecule has 0 saturated heterocycles. The molecule has 2 rings (SSSR count). The summed E-state index contributed by atoms with van der Waals surface area (Å²) < 4.78 is 5.42. The summed E-state index contributed by atoms with van der Waals surface area (Å²) in [5.74, 6) is 0.201. The lowest BCUT2D eigenvalue weighted by atomic mass is 10.1. The van der Waals surface area contributed by atoms with Crippen LogP contribution in [0.5, 0.6) is 5.75 Å². The summed E-state index contributed by atoms with van der Waals surface area (Å²) in [7, 11) is 0. The van der Waals surface area contributed by atoms with Crippen molar-refractivity contribution in [3.05, 3.63) is 33.3 Å². The summed E-state index contributed by atoms with van der Waals surface area (Å²) in [6, 6.07) is 4.46. The van der Waals surface area contributed by atoms with Gasteiger partial charge in [0, 0.05) is 18.7 Å². The van der Waals surface area contributed by atoms with E-state index in [1.807, 2.05) is 0 Å². The number of nitro benzene ring substituents is 1. The molecular formula is C13H17ClN2O4. The molecule has 0 aliphatic heterocycles. The first kappa shape index (κ1) is 15.0. The van der Waals surface area contributed by atoms with Gasteiger partial charge in [-0.3, -0.25) is 10.1 Å². The highest BCUT2D eigenvalue weighted by Crippen LogP contribution is 2.29. The van der Waals surface area contributed by atoms with E-state index in [9.17, 15) is 15.2 Å². The fourth-order valence-electron chi connectivity index (χ4n) is 1.65. The Labute approximate surface area is 121 Å². The molecular weight excluding hydrogens is 284 g/mol. The van der Waals surface area contributed by atoms with E-state index in [2.05, 4.69) is 5.32 Å². The van der Waals surface area contributed by atoms with E-state index < -0.39 is 10.5 Å². The maximum atomic E-state index is 10.7. The molecule has 0 amide bonds. The van der Waals surface area contributed by atoms with Crippen LogP contribution in [-0.4, -0.2) is 34.8 Å². The fraction of sp³-hybridized carbons (Fsp3) is 0.538. The zero-order valence-corrected chi connectivity index (χ0v) is 11.9. The van der Waals surface area contributed by atoms with Crippen molar-refractivity contribution in [2.75, 3.05) is 13.2 Å². The number of ether oxygens (including phenoxy) is 1. The van der Waals surface area contributed by atoms with Gasteiger partial charge < -0.3 is 15.2 Å². The summed E-state index contributed by atoms with van der Waals surface area (Å²) >= 11 is 5.92. The predicted octanol–water partition coefficient (Wildman–Crippen LogP) is 2.13. The van der Waals surface area contributed by atoms with Crippen LogP contribution in [-0.2, 0) is 0 Å². The minimum absolute atomic E-state index is 0.00755. The van der Waals surface area contributed by atoms with Gasteiger partial charge in [0.15, 0.2) is 0 Å². The van der Waals surface area contributed by atoms with Gasteiger partial charge in [-0.15, -0.1) is 0 Å². The Hall–Kier alpha value is -1.37. The standard InChI is InChI=1S/C13H17ClN2O4/c1-13(17,7-15-9-2-3-9)8-20-12-6-10(16(18)19)4-5-11(12)14/h4-6,9,15,17H,2-3,7-8H2,1H3. The van der Waals surface area contributed by atoms with E-state index in [4.69, 9.17) is 16.3 Å². The maximum absolute atomic E-state index is 10.7. The average molecular weight is 301 g/mol. The second-order valence-electron chi connectivity index (χ2n) is 5.31. The zero-order valence-electron chi connectivity index (χ0n) is 11.1. The van der Waals surface area contributed by atoms with Gasteiger partial charge in [0.1, 0.15) is 18.0 Å². The van der Waals surface area contributed by atoms with Crippen molar-refractivity contribution >= 4 is 17.3 Å². The van der Waals surface area contributed by atoms with Crippen LogP contribution < -0.4 is 10.1 Å². The Morgan fingerprint density at radius 3 is 2.90 bits per heavy atom. The Morgan fingerprint density at radius 2 is 2.30 bits per heavy atom.